The number of hydrogen-bond acceptors (Lipinski definition) is 4. The van der Waals surface area contributed by atoms with E-state index >= 15 is 0 Å². The van der Waals surface area contributed by atoms with E-state index in [4.69, 9.17) is 4.74 Å². The smallest absolute Gasteiger partial charge is 0.217 e. The molecule has 1 aromatic heterocycles. The number of nitrogens with zero attached hydrogens (tertiary/aromatic N) is 3. The standard InChI is InChI=1S/C9H14BrN3O/c1-13(2)4-3-5-14-9-6-8(10)11-7-12-9/h6-7H,3-5H2,1-2H3. The summed E-state index contributed by atoms with van der Waals surface area (Å²) in [6.45, 7) is 1.70. The van der Waals surface area contributed by atoms with Crippen LogP contribution in [-0.2, 0) is 0 Å². The SMILES string of the molecule is CN(C)CCCOc1cc(Br)ncn1. The summed E-state index contributed by atoms with van der Waals surface area (Å²) in [6, 6.07) is 1.76. The highest BCUT2D eigenvalue weighted by Crippen LogP contribution is 2.11. The number of hydrogen-bond donors (Lipinski definition) is 0. The van der Waals surface area contributed by atoms with Gasteiger partial charge >= 0.3 is 0 Å². The Morgan fingerprint density at radius 2 is 2.21 bits per heavy atom. The number of aromatic nitrogens is 2. The summed E-state index contributed by atoms with van der Waals surface area (Å²) in [4.78, 5) is 10.0. The van der Waals surface area contributed by atoms with Crippen molar-refractivity contribution in [1.29, 1.82) is 0 Å². The molecule has 0 fully saturated rings. The Hall–Kier alpha value is -0.680. The highest BCUT2D eigenvalue weighted by atomic mass is 79.9. The molecule has 0 aliphatic rings. The Kier molecular flexibility index (Phi) is 4.82. The molecule has 5 heteroatoms. The fraction of sp³-hybridized carbons (Fsp3) is 0.556. The number of ether oxygens (including phenoxy) is 1. The van der Waals surface area contributed by atoms with Crippen LogP contribution in [0.1, 0.15) is 6.42 Å². The molecule has 78 valence electrons. The quantitative estimate of drug-likeness (QED) is 0.595. The van der Waals surface area contributed by atoms with Gasteiger partial charge in [0, 0.05) is 12.6 Å². The highest BCUT2D eigenvalue weighted by Gasteiger charge is 1.97. The second kappa shape index (κ2) is 5.93. The fourth-order valence-electron chi connectivity index (χ4n) is 0.954. The summed E-state index contributed by atoms with van der Waals surface area (Å²) in [5.41, 5.74) is 0. The molecule has 0 bridgehead atoms. The topological polar surface area (TPSA) is 38.2 Å². The van der Waals surface area contributed by atoms with Crippen molar-refractivity contribution in [3.8, 4) is 5.88 Å². The predicted molar refractivity (Wildman–Crippen MR) is 58.4 cm³/mol. The summed E-state index contributed by atoms with van der Waals surface area (Å²) in [7, 11) is 4.09. The zero-order valence-corrected chi connectivity index (χ0v) is 9.99. The Labute approximate surface area is 92.4 Å². The predicted octanol–water partition coefficient (Wildman–Crippen LogP) is 1.57. The molecule has 0 saturated carbocycles. The van der Waals surface area contributed by atoms with E-state index in [1.54, 1.807) is 6.07 Å². The Morgan fingerprint density at radius 3 is 2.86 bits per heavy atom. The van der Waals surface area contributed by atoms with E-state index in [1.807, 2.05) is 14.1 Å². The summed E-state index contributed by atoms with van der Waals surface area (Å²) >= 11 is 3.25. The minimum atomic E-state index is 0.616. The molecule has 0 aliphatic carbocycles. The molecule has 0 spiro atoms. The summed E-state index contributed by atoms with van der Waals surface area (Å²) < 4.78 is 6.17. The third-order valence-electron chi connectivity index (χ3n) is 1.61. The van der Waals surface area contributed by atoms with Crippen LogP contribution in [0.25, 0.3) is 0 Å². The lowest BCUT2D eigenvalue weighted by Crippen LogP contribution is -2.15. The van der Waals surface area contributed by atoms with E-state index in [-0.39, 0.29) is 0 Å². The average Bonchev–Trinajstić information content (AvgIpc) is 2.12. The van der Waals surface area contributed by atoms with Crippen LogP contribution in [-0.4, -0.2) is 42.1 Å². The van der Waals surface area contributed by atoms with Crippen LogP contribution in [0.15, 0.2) is 17.0 Å². The zero-order chi connectivity index (χ0) is 10.4. The van der Waals surface area contributed by atoms with Gasteiger partial charge in [-0.1, -0.05) is 0 Å². The third kappa shape index (κ3) is 4.53. The monoisotopic (exact) mass is 259 g/mol. The van der Waals surface area contributed by atoms with Gasteiger partial charge < -0.3 is 9.64 Å². The van der Waals surface area contributed by atoms with Crippen LogP contribution < -0.4 is 4.74 Å². The second-order valence-electron chi connectivity index (χ2n) is 3.18. The minimum Gasteiger partial charge on any atom is -0.478 e. The maximum absolute atomic E-state index is 5.43. The molecule has 0 aromatic carbocycles. The Bertz CT molecular complexity index is 281. The summed E-state index contributed by atoms with van der Waals surface area (Å²) in [6.07, 6.45) is 2.47. The third-order valence-corrected chi connectivity index (χ3v) is 2.04. The first-order valence-corrected chi connectivity index (χ1v) is 5.23. The zero-order valence-electron chi connectivity index (χ0n) is 8.40. The van der Waals surface area contributed by atoms with Crippen molar-refractivity contribution in [2.75, 3.05) is 27.2 Å². The molecule has 14 heavy (non-hydrogen) atoms. The molecule has 0 aliphatic heterocycles. The fourth-order valence-corrected chi connectivity index (χ4v) is 1.24. The molecular weight excluding hydrogens is 246 g/mol. The first-order chi connectivity index (χ1) is 6.68. The van der Waals surface area contributed by atoms with E-state index < -0.39 is 0 Å². The van der Waals surface area contributed by atoms with Crippen LogP contribution >= 0.6 is 15.9 Å². The Morgan fingerprint density at radius 1 is 1.43 bits per heavy atom. The number of rotatable bonds is 5. The lowest BCUT2D eigenvalue weighted by Gasteiger charge is -2.09. The summed E-state index contributed by atoms with van der Waals surface area (Å²) in [5.74, 6) is 0.616. The molecular formula is C9H14BrN3O. The van der Waals surface area contributed by atoms with Gasteiger partial charge in [-0.25, -0.2) is 9.97 Å². The molecule has 0 saturated heterocycles. The van der Waals surface area contributed by atoms with E-state index in [9.17, 15) is 0 Å². The van der Waals surface area contributed by atoms with Crippen LogP contribution in [0.5, 0.6) is 5.88 Å². The molecule has 4 nitrogen and oxygen atoms in total. The Balaban J connectivity index is 2.25. The van der Waals surface area contributed by atoms with Crippen molar-refractivity contribution in [3.05, 3.63) is 17.0 Å². The molecule has 0 atom stereocenters. The molecule has 0 amide bonds. The maximum Gasteiger partial charge on any atom is 0.217 e. The molecule has 0 unspecified atom stereocenters. The normalized spacial score (nSPS) is 10.6. The first kappa shape index (κ1) is 11.4. The summed E-state index contributed by atoms with van der Waals surface area (Å²) in [5, 5.41) is 0. The van der Waals surface area contributed by atoms with Crippen molar-refractivity contribution in [2.24, 2.45) is 0 Å². The van der Waals surface area contributed by atoms with Crippen LogP contribution in [0.3, 0.4) is 0 Å². The van der Waals surface area contributed by atoms with E-state index in [0.29, 0.717) is 12.5 Å². The maximum atomic E-state index is 5.43. The van der Waals surface area contributed by atoms with Gasteiger partial charge in [0.25, 0.3) is 0 Å². The van der Waals surface area contributed by atoms with E-state index in [2.05, 4.69) is 30.8 Å². The molecule has 1 heterocycles. The van der Waals surface area contributed by atoms with Gasteiger partial charge in [-0.05, 0) is 36.4 Å². The average molecular weight is 260 g/mol. The van der Waals surface area contributed by atoms with Crippen molar-refractivity contribution in [3.63, 3.8) is 0 Å². The van der Waals surface area contributed by atoms with Gasteiger partial charge in [0.05, 0.1) is 6.61 Å². The molecule has 1 aromatic rings. The van der Waals surface area contributed by atoms with Gasteiger partial charge in [-0.15, -0.1) is 0 Å². The van der Waals surface area contributed by atoms with Gasteiger partial charge in [-0.2, -0.15) is 0 Å². The molecule has 0 N–H and O–H groups in total. The number of halogens is 1. The van der Waals surface area contributed by atoms with Crippen molar-refractivity contribution in [2.45, 2.75) is 6.42 Å². The van der Waals surface area contributed by atoms with Crippen molar-refractivity contribution < 1.29 is 4.74 Å². The lowest BCUT2D eigenvalue weighted by atomic mass is 10.4. The van der Waals surface area contributed by atoms with Crippen molar-refractivity contribution >= 4 is 15.9 Å². The van der Waals surface area contributed by atoms with Crippen LogP contribution in [0.2, 0.25) is 0 Å². The van der Waals surface area contributed by atoms with Gasteiger partial charge in [0.1, 0.15) is 10.9 Å². The first-order valence-electron chi connectivity index (χ1n) is 4.43. The molecule has 0 radical (unpaired) electrons. The van der Waals surface area contributed by atoms with E-state index in [1.165, 1.54) is 6.33 Å². The second-order valence-corrected chi connectivity index (χ2v) is 4.00. The minimum absolute atomic E-state index is 0.616. The van der Waals surface area contributed by atoms with Crippen LogP contribution in [0.4, 0.5) is 0 Å². The highest BCUT2D eigenvalue weighted by molar-refractivity contribution is 9.10. The van der Waals surface area contributed by atoms with Gasteiger partial charge in [0.15, 0.2) is 0 Å². The lowest BCUT2D eigenvalue weighted by molar-refractivity contribution is 0.272. The molecule has 1 rings (SSSR count). The van der Waals surface area contributed by atoms with Gasteiger partial charge in [0.2, 0.25) is 5.88 Å². The van der Waals surface area contributed by atoms with Crippen LogP contribution in [0, 0.1) is 0 Å². The van der Waals surface area contributed by atoms with E-state index in [0.717, 1.165) is 17.6 Å². The van der Waals surface area contributed by atoms with Gasteiger partial charge in [-0.3, -0.25) is 0 Å². The van der Waals surface area contributed by atoms with Crippen molar-refractivity contribution in [1.82, 2.24) is 14.9 Å². The largest absolute Gasteiger partial charge is 0.478 e.